The van der Waals surface area contributed by atoms with Crippen molar-refractivity contribution in [3.63, 3.8) is 0 Å². The SMILES string of the molecule is CCc1cc(C)n2ccc(C(=O)NC3CCCCC3)c2n1. The van der Waals surface area contributed by atoms with Gasteiger partial charge in [0.15, 0.2) is 0 Å². The van der Waals surface area contributed by atoms with Gasteiger partial charge in [-0.15, -0.1) is 0 Å². The Morgan fingerprint density at radius 1 is 1.38 bits per heavy atom. The molecule has 0 spiro atoms. The highest BCUT2D eigenvalue weighted by molar-refractivity contribution is 6.00. The monoisotopic (exact) mass is 285 g/mol. The van der Waals surface area contributed by atoms with Crippen LogP contribution in [0.5, 0.6) is 0 Å². The van der Waals surface area contributed by atoms with Gasteiger partial charge in [0, 0.05) is 23.6 Å². The number of amides is 1. The molecule has 1 saturated carbocycles. The maximum Gasteiger partial charge on any atom is 0.255 e. The molecule has 0 aromatic carbocycles. The molecule has 21 heavy (non-hydrogen) atoms. The number of carbonyl (C=O) groups is 1. The molecule has 1 aliphatic rings. The molecule has 0 unspecified atom stereocenters. The van der Waals surface area contributed by atoms with Gasteiger partial charge in [-0.05, 0) is 38.3 Å². The molecule has 112 valence electrons. The molecule has 1 fully saturated rings. The van der Waals surface area contributed by atoms with Gasteiger partial charge in [0.2, 0.25) is 0 Å². The molecule has 0 aliphatic heterocycles. The van der Waals surface area contributed by atoms with Gasteiger partial charge in [0.1, 0.15) is 5.65 Å². The zero-order valence-electron chi connectivity index (χ0n) is 12.9. The number of aromatic nitrogens is 2. The Labute approximate surface area is 125 Å². The molecule has 0 bridgehead atoms. The number of fused-ring (bicyclic) bond motifs is 1. The molecule has 0 saturated heterocycles. The predicted molar refractivity (Wildman–Crippen MR) is 83.6 cm³/mol. The second-order valence-electron chi connectivity index (χ2n) is 5.97. The van der Waals surface area contributed by atoms with Crippen molar-refractivity contribution < 1.29 is 4.79 Å². The quantitative estimate of drug-likeness (QED) is 0.940. The van der Waals surface area contributed by atoms with Crippen molar-refractivity contribution in [2.45, 2.75) is 58.4 Å². The molecule has 1 aliphatic carbocycles. The minimum absolute atomic E-state index is 0.0181. The molecule has 4 heteroatoms. The van der Waals surface area contributed by atoms with E-state index >= 15 is 0 Å². The summed E-state index contributed by atoms with van der Waals surface area (Å²) in [5, 5.41) is 3.18. The van der Waals surface area contributed by atoms with Crippen molar-refractivity contribution in [2.24, 2.45) is 0 Å². The number of rotatable bonds is 3. The van der Waals surface area contributed by atoms with Crippen LogP contribution < -0.4 is 5.32 Å². The van der Waals surface area contributed by atoms with E-state index in [1.54, 1.807) is 0 Å². The van der Waals surface area contributed by atoms with Gasteiger partial charge < -0.3 is 9.72 Å². The first-order chi connectivity index (χ1) is 10.2. The molecule has 2 aromatic heterocycles. The molecule has 1 N–H and O–H groups in total. The van der Waals surface area contributed by atoms with Crippen molar-refractivity contribution in [1.29, 1.82) is 0 Å². The van der Waals surface area contributed by atoms with E-state index in [4.69, 9.17) is 0 Å². The van der Waals surface area contributed by atoms with Crippen LogP contribution in [-0.4, -0.2) is 21.3 Å². The molecule has 0 radical (unpaired) electrons. The van der Waals surface area contributed by atoms with Crippen LogP contribution >= 0.6 is 0 Å². The van der Waals surface area contributed by atoms with Crippen molar-refractivity contribution >= 4 is 11.6 Å². The van der Waals surface area contributed by atoms with E-state index in [2.05, 4.69) is 30.2 Å². The fourth-order valence-electron chi connectivity index (χ4n) is 3.17. The van der Waals surface area contributed by atoms with E-state index in [1.807, 2.05) is 16.7 Å². The Hall–Kier alpha value is -1.84. The summed E-state index contributed by atoms with van der Waals surface area (Å²) in [6.07, 6.45) is 8.76. The van der Waals surface area contributed by atoms with E-state index in [-0.39, 0.29) is 5.91 Å². The maximum atomic E-state index is 12.5. The number of hydrogen-bond acceptors (Lipinski definition) is 2. The molecule has 2 aromatic rings. The van der Waals surface area contributed by atoms with E-state index in [0.29, 0.717) is 11.6 Å². The third-order valence-corrected chi connectivity index (χ3v) is 4.41. The summed E-state index contributed by atoms with van der Waals surface area (Å²) >= 11 is 0. The Balaban J connectivity index is 1.88. The molecule has 4 nitrogen and oxygen atoms in total. The van der Waals surface area contributed by atoms with Crippen LogP contribution in [0.25, 0.3) is 5.65 Å². The first-order valence-corrected chi connectivity index (χ1v) is 7.97. The third kappa shape index (κ3) is 2.80. The summed E-state index contributed by atoms with van der Waals surface area (Å²) in [5.74, 6) is 0.0181. The topological polar surface area (TPSA) is 46.4 Å². The molecular formula is C17H23N3O. The number of carbonyl (C=O) groups excluding carboxylic acids is 1. The van der Waals surface area contributed by atoms with Gasteiger partial charge in [0.25, 0.3) is 5.91 Å². The minimum Gasteiger partial charge on any atom is -0.349 e. The van der Waals surface area contributed by atoms with Gasteiger partial charge in [-0.25, -0.2) is 4.98 Å². The summed E-state index contributed by atoms with van der Waals surface area (Å²) in [6.45, 7) is 4.14. The first-order valence-electron chi connectivity index (χ1n) is 7.97. The Morgan fingerprint density at radius 2 is 2.14 bits per heavy atom. The van der Waals surface area contributed by atoms with Crippen LogP contribution in [0.1, 0.15) is 60.8 Å². The van der Waals surface area contributed by atoms with E-state index in [0.717, 1.165) is 36.3 Å². The summed E-state index contributed by atoms with van der Waals surface area (Å²) < 4.78 is 1.99. The number of nitrogens with zero attached hydrogens (tertiary/aromatic N) is 2. The zero-order valence-corrected chi connectivity index (χ0v) is 12.9. The fourth-order valence-corrected chi connectivity index (χ4v) is 3.17. The van der Waals surface area contributed by atoms with E-state index in [1.165, 1.54) is 19.3 Å². The fraction of sp³-hybridized carbons (Fsp3) is 0.529. The van der Waals surface area contributed by atoms with Gasteiger partial charge in [-0.1, -0.05) is 26.2 Å². The van der Waals surface area contributed by atoms with Crippen molar-refractivity contribution in [3.05, 3.63) is 35.3 Å². The van der Waals surface area contributed by atoms with Crippen molar-refractivity contribution in [3.8, 4) is 0 Å². The van der Waals surface area contributed by atoms with Crippen LogP contribution in [0.2, 0.25) is 0 Å². The second-order valence-corrected chi connectivity index (χ2v) is 5.97. The molecular weight excluding hydrogens is 262 g/mol. The highest BCUT2D eigenvalue weighted by Crippen LogP contribution is 2.19. The Kier molecular flexibility index (Phi) is 3.95. The Bertz CT molecular complexity index is 653. The first kappa shape index (κ1) is 14.1. The molecule has 3 rings (SSSR count). The molecule has 1 amide bonds. The molecule has 0 atom stereocenters. The van der Waals surface area contributed by atoms with Crippen LogP contribution in [0.15, 0.2) is 18.3 Å². The van der Waals surface area contributed by atoms with E-state index in [9.17, 15) is 4.79 Å². The lowest BCUT2D eigenvalue weighted by Crippen LogP contribution is -2.36. The van der Waals surface area contributed by atoms with E-state index < -0.39 is 0 Å². The van der Waals surface area contributed by atoms with Crippen LogP contribution in [0.4, 0.5) is 0 Å². The number of hydrogen-bond donors (Lipinski definition) is 1. The number of nitrogens with one attached hydrogen (secondary N) is 1. The number of aryl methyl sites for hydroxylation is 2. The summed E-state index contributed by atoms with van der Waals surface area (Å²) in [4.78, 5) is 17.2. The van der Waals surface area contributed by atoms with Crippen LogP contribution in [0, 0.1) is 6.92 Å². The maximum absolute atomic E-state index is 12.5. The zero-order chi connectivity index (χ0) is 14.8. The summed E-state index contributed by atoms with van der Waals surface area (Å²) in [7, 11) is 0. The lowest BCUT2D eigenvalue weighted by atomic mass is 9.95. The van der Waals surface area contributed by atoms with Gasteiger partial charge in [0.05, 0.1) is 5.56 Å². The minimum atomic E-state index is 0.0181. The smallest absolute Gasteiger partial charge is 0.255 e. The highest BCUT2D eigenvalue weighted by Gasteiger charge is 2.19. The lowest BCUT2D eigenvalue weighted by Gasteiger charge is -2.22. The highest BCUT2D eigenvalue weighted by atomic mass is 16.1. The average Bonchev–Trinajstić information content (AvgIpc) is 2.92. The average molecular weight is 285 g/mol. The van der Waals surface area contributed by atoms with Crippen LogP contribution in [0.3, 0.4) is 0 Å². The lowest BCUT2D eigenvalue weighted by molar-refractivity contribution is 0.0929. The standard InChI is InChI=1S/C17H23N3O/c1-3-13-11-12(2)20-10-9-15(16(20)18-13)17(21)19-14-7-5-4-6-8-14/h9-11,14H,3-8H2,1-2H3,(H,19,21). The predicted octanol–water partition coefficient (Wildman–Crippen LogP) is 3.27. The molecule has 2 heterocycles. The second kappa shape index (κ2) is 5.88. The van der Waals surface area contributed by atoms with Gasteiger partial charge in [-0.2, -0.15) is 0 Å². The largest absolute Gasteiger partial charge is 0.349 e. The van der Waals surface area contributed by atoms with Gasteiger partial charge in [-0.3, -0.25) is 4.79 Å². The Morgan fingerprint density at radius 3 is 2.86 bits per heavy atom. The summed E-state index contributed by atoms with van der Waals surface area (Å²) in [5.41, 5.74) is 3.62. The third-order valence-electron chi connectivity index (χ3n) is 4.41. The van der Waals surface area contributed by atoms with Gasteiger partial charge >= 0.3 is 0 Å². The van der Waals surface area contributed by atoms with Crippen LogP contribution in [-0.2, 0) is 6.42 Å². The summed E-state index contributed by atoms with van der Waals surface area (Å²) in [6, 6.07) is 4.29. The van der Waals surface area contributed by atoms with Crippen molar-refractivity contribution in [2.75, 3.05) is 0 Å². The van der Waals surface area contributed by atoms with Crippen molar-refractivity contribution in [1.82, 2.24) is 14.7 Å². The normalized spacial score (nSPS) is 16.3.